The minimum atomic E-state index is -0.981. The number of piperazine rings is 1. The van der Waals surface area contributed by atoms with Gasteiger partial charge in [-0.25, -0.2) is 4.98 Å². The van der Waals surface area contributed by atoms with Crippen LogP contribution in [0, 0.1) is 13.8 Å². The van der Waals surface area contributed by atoms with Gasteiger partial charge in [-0.05, 0) is 44.4 Å². The van der Waals surface area contributed by atoms with Crippen molar-refractivity contribution in [3.63, 3.8) is 0 Å². The zero-order chi connectivity index (χ0) is 22.0. The highest BCUT2D eigenvalue weighted by atomic mass is 16.3. The lowest BCUT2D eigenvalue weighted by atomic mass is 10.0. The van der Waals surface area contributed by atoms with Gasteiger partial charge in [-0.15, -0.1) is 5.10 Å². The molecular formula is C24H30N6O. The van der Waals surface area contributed by atoms with E-state index in [1.54, 1.807) is 26.2 Å². The number of aromatic nitrogens is 4. The summed E-state index contributed by atoms with van der Waals surface area (Å²) in [4.78, 5) is 13.4. The van der Waals surface area contributed by atoms with Crippen LogP contribution in [0.1, 0.15) is 41.9 Å². The standard InChI is InChI=1S/C24H30N6O/c1-17-18(2)23(28-27-20(17)14-19-8-6-5-7-9-19)30-12-10-29(11-13-30)22-16-25-21(15-26-22)24(3,4)31/h5-9,15-16,31H,10-14H2,1-4H3. The summed E-state index contributed by atoms with van der Waals surface area (Å²) in [6.07, 6.45) is 4.20. The van der Waals surface area contributed by atoms with Crippen LogP contribution in [0.5, 0.6) is 0 Å². The second-order valence-corrected chi connectivity index (χ2v) is 8.68. The third kappa shape index (κ3) is 4.66. The van der Waals surface area contributed by atoms with E-state index in [0.29, 0.717) is 5.69 Å². The Labute approximate surface area is 183 Å². The van der Waals surface area contributed by atoms with Crippen molar-refractivity contribution in [3.8, 4) is 0 Å². The number of benzene rings is 1. The van der Waals surface area contributed by atoms with Gasteiger partial charge in [-0.3, -0.25) is 4.98 Å². The molecule has 1 N–H and O–H groups in total. The first-order chi connectivity index (χ1) is 14.8. The smallest absolute Gasteiger partial charge is 0.154 e. The minimum Gasteiger partial charge on any atom is -0.384 e. The summed E-state index contributed by atoms with van der Waals surface area (Å²) in [5.41, 5.74) is 4.29. The molecule has 1 aromatic carbocycles. The fourth-order valence-corrected chi connectivity index (χ4v) is 3.85. The molecule has 0 spiro atoms. The first-order valence-corrected chi connectivity index (χ1v) is 10.7. The molecule has 3 heterocycles. The van der Waals surface area contributed by atoms with Gasteiger partial charge in [0.1, 0.15) is 11.4 Å². The molecular weight excluding hydrogens is 388 g/mol. The summed E-state index contributed by atoms with van der Waals surface area (Å²) in [7, 11) is 0. The van der Waals surface area contributed by atoms with E-state index < -0.39 is 5.60 Å². The van der Waals surface area contributed by atoms with Crippen molar-refractivity contribution in [2.75, 3.05) is 36.0 Å². The lowest BCUT2D eigenvalue weighted by Crippen LogP contribution is -2.47. The van der Waals surface area contributed by atoms with E-state index in [9.17, 15) is 5.11 Å². The summed E-state index contributed by atoms with van der Waals surface area (Å²) >= 11 is 0. The largest absolute Gasteiger partial charge is 0.384 e. The molecule has 7 heteroatoms. The maximum atomic E-state index is 10.1. The number of nitrogens with zero attached hydrogens (tertiary/aromatic N) is 6. The van der Waals surface area contributed by atoms with E-state index in [4.69, 9.17) is 0 Å². The van der Waals surface area contributed by atoms with E-state index in [-0.39, 0.29) is 0 Å². The maximum Gasteiger partial charge on any atom is 0.154 e. The molecule has 1 aliphatic rings. The molecule has 1 saturated heterocycles. The quantitative estimate of drug-likeness (QED) is 0.682. The summed E-state index contributed by atoms with van der Waals surface area (Å²) in [6, 6.07) is 10.4. The van der Waals surface area contributed by atoms with Gasteiger partial charge < -0.3 is 14.9 Å². The molecule has 4 rings (SSSR count). The van der Waals surface area contributed by atoms with Gasteiger partial charge in [0.15, 0.2) is 5.82 Å². The normalized spacial score (nSPS) is 14.7. The molecule has 1 aliphatic heterocycles. The average Bonchev–Trinajstić information content (AvgIpc) is 2.77. The molecule has 1 fully saturated rings. The van der Waals surface area contributed by atoms with Crippen molar-refractivity contribution in [1.29, 1.82) is 0 Å². The van der Waals surface area contributed by atoms with E-state index in [1.807, 2.05) is 6.07 Å². The summed E-state index contributed by atoms with van der Waals surface area (Å²) in [6.45, 7) is 11.1. The van der Waals surface area contributed by atoms with Crippen LogP contribution in [0.4, 0.5) is 11.6 Å². The molecule has 0 unspecified atom stereocenters. The van der Waals surface area contributed by atoms with Gasteiger partial charge in [-0.2, -0.15) is 5.10 Å². The highest BCUT2D eigenvalue weighted by molar-refractivity contribution is 5.52. The van der Waals surface area contributed by atoms with Crippen LogP contribution < -0.4 is 9.80 Å². The van der Waals surface area contributed by atoms with E-state index in [1.165, 1.54) is 16.7 Å². The van der Waals surface area contributed by atoms with Crippen LogP contribution in [0.15, 0.2) is 42.7 Å². The van der Waals surface area contributed by atoms with Gasteiger partial charge in [0, 0.05) is 32.6 Å². The predicted molar refractivity (Wildman–Crippen MR) is 122 cm³/mol. The summed E-state index contributed by atoms with van der Waals surface area (Å²) in [5, 5.41) is 19.2. The van der Waals surface area contributed by atoms with Crippen LogP contribution in [-0.2, 0) is 12.0 Å². The van der Waals surface area contributed by atoms with Gasteiger partial charge >= 0.3 is 0 Å². The second-order valence-electron chi connectivity index (χ2n) is 8.68. The second kappa shape index (κ2) is 8.59. The lowest BCUT2D eigenvalue weighted by Gasteiger charge is -2.36. The number of rotatable bonds is 5. The zero-order valence-corrected chi connectivity index (χ0v) is 18.7. The first kappa shape index (κ1) is 21.2. The molecule has 0 atom stereocenters. The molecule has 31 heavy (non-hydrogen) atoms. The van der Waals surface area contributed by atoms with Crippen LogP contribution >= 0.6 is 0 Å². The topological polar surface area (TPSA) is 78.3 Å². The van der Waals surface area contributed by atoms with Crippen LogP contribution in [0.3, 0.4) is 0 Å². The van der Waals surface area contributed by atoms with Gasteiger partial charge in [0.2, 0.25) is 0 Å². The average molecular weight is 419 g/mol. The highest BCUT2D eigenvalue weighted by Gasteiger charge is 2.23. The van der Waals surface area contributed by atoms with Gasteiger partial charge in [0.25, 0.3) is 0 Å². The molecule has 0 saturated carbocycles. The van der Waals surface area contributed by atoms with Crippen molar-refractivity contribution < 1.29 is 5.11 Å². The third-order valence-electron chi connectivity index (χ3n) is 5.98. The third-order valence-corrected chi connectivity index (χ3v) is 5.98. The maximum absolute atomic E-state index is 10.1. The van der Waals surface area contributed by atoms with Crippen LogP contribution in [0.2, 0.25) is 0 Å². The molecule has 0 aliphatic carbocycles. The van der Waals surface area contributed by atoms with Crippen LogP contribution in [0.25, 0.3) is 0 Å². The van der Waals surface area contributed by atoms with Gasteiger partial charge in [-0.1, -0.05) is 30.3 Å². The van der Waals surface area contributed by atoms with Crippen molar-refractivity contribution in [3.05, 3.63) is 70.8 Å². The molecule has 3 aromatic rings. The summed E-state index contributed by atoms with van der Waals surface area (Å²) in [5.74, 6) is 1.81. The Bertz CT molecular complexity index is 1020. The number of aliphatic hydroxyl groups is 1. The van der Waals surface area contributed by atoms with Crippen molar-refractivity contribution in [2.24, 2.45) is 0 Å². The molecule has 162 valence electrons. The Morgan fingerprint density at radius 3 is 2.16 bits per heavy atom. The lowest BCUT2D eigenvalue weighted by molar-refractivity contribution is 0.0734. The Kier molecular flexibility index (Phi) is 5.87. The van der Waals surface area contributed by atoms with E-state index in [2.05, 4.69) is 68.1 Å². The minimum absolute atomic E-state index is 0.576. The molecule has 0 radical (unpaired) electrons. The Balaban J connectivity index is 1.43. The number of anilines is 2. The van der Waals surface area contributed by atoms with Crippen LogP contribution in [-0.4, -0.2) is 51.5 Å². The van der Waals surface area contributed by atoms with Gasteiger partial charge in [0.05, 0.1) is 23.8 Å². The fourth-order valence-electron chi connectivity index (χ4n) is 3.85. The molecule has 0 bridgehead atoms. The Morgan fingerprint density at radius 1 is 0.871 bits per heavy atom. The molecule has 2 aromatic heterocycles. The number of hydrogen-bond acceptors (Lipinski definition) is 7. The fraction of sp³-hybridized carbons (Fsp3) is 0.417. The van der Waals surface area contributed by atoms with E-state index >= 15 is 0 Å². The molecule has 0 amide bonds. The Hall–Kier alpha value is -3.06. The molecule has 7 nitrogen and oxygen atoms in total. The van der Waals surface area contributed by atoms with Crippen molar-refractivity contribution in [2.45, 2.75) is 39.7 Å². The zero-order valence-electron chi connectivity index (χ0n) is 18.7. The van der Waals surface area contributed by atoms with E-state index in [0.717, 1.165) is 49.9 Å². The SMILES string of the molecule is Cc1c(Cc2ccccc2)nnc(N2CCN(c3cnc(C(C)(C)O)cn3)CC2)c1C. The van der Waals surface area contributed by atoms with Crippen molar-refractivity contribution >= 4 is 11.6 Å². The number of hydrogen-bond donors (Lipinski definition) is 1. The predicted octanol–water partition coefficient (Wildman–Crippen LogP) is 3.03. The van der Waals surface area contributed by atoms with Crippen molar-refractivity contribution in [1.82, 2.24) is 20.2 Å². The first-order valence-electron chi connectivity index (χ1n) is 10.7. The highest BCUT2D eigenvalue weighted by Crippen LogP contribution is 2.25. The monoisotopic (exact) mass is 418 g/mol. The summed E-state index contributed by atoms with van der Waals surface area (Å²) < 4.78 is 0. The Morgan fingerprint density at radius 2 is 1.55 bits per heavy atom.